The summed E-state index contributed by atoms with van der Waals surface area (Å²) < 4.78 is 7.34. The number of hydrogen-bond acceptors (Lipinski definition) is 5. The van der Waals surface area contributed by atoms with Crippen molar-refractivity contribution in [2.45, 2.75) is 12.3 Å². The number of aromatic nitrogens is 3. The van der Waals surface area contributed by atoms with Crippen molar-refractivity contribution in [2.75, 3.05) is 31.2 Å². The molecule has 0 spiro atoms. The SMILES string of the molecule is O=C(Cc1cc(N2CCOCC2)n2nccc2n1)C(c1ccccc1)c1ccccc1. The lowest BCUT2D eigenvalue weighted by Crippen LogP contribution is -2.37. The molecule has 1 fully saturated rings. The first-order valence-electron chi connectivity index (χ1n) is 10.6. The summed E-state index contributed by atoms with van der Waals surface area (Å²) in [4.78, 5) is 20.5. The topological polar surface area (TPSA) is 59.7 Å². The van der Waals surface area contributed by atoms with Crippen LogP contribution in [0.2, 0.25) is 0 Å². The first kappa shape index (κ1) is 19.5. The third-order valence-electron chi connectivity index (χ3n) is 5.67. The van der Waals surface area contributed by atoms with E-state index in [2.05, 4.69) is 10.00 Å². The smallest absolute Gasteiger partial charge is 0.157 e. The number of nitrogens with zero attached hydrogens (tertiary/aromatic N) is 4. The van der Waals surface area contributed by atoms with Crippen molar-refractivity contribution in [3.8, 4) is 0 Å². The number of morpholine rings is 1. The summed E-state index contributed by atoms with van der Waals surface area (Å²) in [5.74, 6) is 0.760. The predicted molar refractivity (Wildman–Crippen MR) is 119 cm³/mol. The van der Waals surface area contributed by atoms with E-state index in [9.17, 15) is 4.79 Å². The van der Waals surface area contributed by atoms with Crippen LogP contribution in [0, 0.1) is 0 Å². The molecule has 1 saturated heterocycles. The van der Waals surface area contributed by atoms with Crippen LogP contribution in [-0.4, -0.2) is 46.7 Å². The minimum Gasteiger partial charge on any atom is -0.378 e. The zero-order valence-corrected chi connectivity index (χ0v) is 17.2. The standard InChI is InChI=1S/C25H24N4O2/c30-22(25(19-7-3-1-4-8-19)20-9-5-2-6-10-20)17-21-18-24(28-13-15-31-16-14-28)29-23(27-21)11-12-26-29/h1-12,18,25H,13-17H2. The molecule has 1 aliphatic rings. The third kappa shape index (κ3) is 4.07. The molecule has 5 rings (SSSR count). The van der Waals surface area contributed by atoms with E-state index in [1.54, 1.807) is 6.20 Å². The van der Waals surface area contributed by atoms with E-state index in [0.29, 0.717) is 13.2 Å². The van der Waals surface area contributed by atoms with Gasteiger partial charge in [-0.05, 0) is 11.1 Å². The van der Waals surface area contributed by atoms with Crippen molar-refractivity contribution >= 4 is 17.2 Å². The molecule has 31 heavy (non-hydrogen) atoms. The molecular formula is C25H24N4O2. The van der Waals surface area contributed by atoms with Crippen molar-refractivity contribution in [2.24, 2.45) is 0 Å². The number of carbonyl (C=O) groups is 1. The van der Waals surface area contributed by atoms with Crippen molar-refractivity contribution in [3.63, 3.8) is 0 Å². The Kier molecular flexibility index (Phi) is 5.46. The third-order valence-corrected chi connectivity index (χ3v) is 5.67. The number of carbonyl (C=O) groups excluding carboxylic acids is 1. The first-order chi connectivity index (χ1) is 15.3. The second kappa shape index (κ2) is 8.70. The van der Waals surface area contributed by atoms with E-state index in [1.165, 1.54) is 0 Å². The number of hydrogen-bond donors (Lipinski definition) is 0. The summed E-state index contributed by atoms with van der Waals surface area (Å²) in [6.07, 6.45) is 2.00. The Labute approximate surface area is 181 Å². The quantitative estimate of drug-likeness (QED) is 0.485. The van der Waals surface area contributed by atoms with E-state index in [4.69, 9.17) is 9.72 Å². The van der Waals surface area contributed by atoms with Gasteiger partial charge in [-0.1, -0.05) is 60.7 Å². The van der Waals surface area contributed by atoms with Crippen molar-refractivity contribution in [1.29, 1.82) is 0 Å². The Morgan fingerprint density at radius 1 is 0.935 bits per heavy atom. The van der Waals surface area contributed by atoms with Gasteiger partial charge in [0.15, 0.2) is 11.4 Å². The maximum absolute atomic E-state index is 13.6. The number of ether oxygens (including phenoxy) is 1. The minimum absolute atomic E-state index is 0.127. The molecule has 0 atom stereocenters. The zero-order chi connectivity index (χ0) is 21.0. The van der Waals surface area contributed by atoms with E-state index >= 15 is 0 Å². The van der Waals surface area contributed by atoms with Gasteiger partial charge < -0.3 is 9.64 Å². The highest BCUT2D eigenvalue weighted by Crippen LogP contribution is 2.27. The zero-order valence-electron chi connectivity index (χ0n) is 17.2. The van der Waals surface area contributed by atoms with Crippen LogP contribution in [-0.2, 0) is 16.0 Å². The Bertz CT molecular complexity index is 1130. The fourth-order valence-electron chi connectivity index (χ4n) is 4.19. The number of fused-ring (bicyclic) bond motifs is 1. The summed E-state index contributed by atoms with van der Waals surface area (Å²) >= 11 is 0. The molecular weight excluding hydrogens is 388 g/mol. The molecule has 0 saturated carbocycles. The van der Waals surface area contributed by atoms with Gasteiger partial charge in [-0.3, -0.25) is 4.79 Å². The van der Waals surface area contributed by atoms with Crippen LogP contribution in [0.1, 0.15) is 22.7 Å². The molecule has 6 heteroatoms. The highest BCUT2D eigenvalue weighted by atomic mass is 16.5. The Morgan fingerprint density at radius 2 is 1.58 bits per heavy atom. The van der Waals surface area contributed by atoms with Crippen LogP contribution in [0.4, 0.5) is 5.82 Å². The fraction of sp³-hybridized carbons (Fsp3) is 0.240. The number of ketones is 1. The van der Waals surface area contributed by atoms with E-state index < -0.39 is 0 Å². The second-order valence-corrected chi connectivity index (χ2v) is 7.70. The maximum Gasteiger partial charge on any atom is 0.157 e. The fourth-order valence-corrected chi connectivity index (χ4v) is 4.19. The number of Topliss-reactive ketones (excluding diaryl/α,β-unsaturated/α-hetero) is 1. The molecule has 2 aromatic carbocycles. The normalized spacial score (nSPS) is 14.3. The predicted octanol–water partition coefficient (Wildman–Crippen LogP) is 3.51. The maximum atomic E-state index is 13.6. The average molecular weight is 412 g/mol. The molecule has 4 aromatic rings. The Morgan fingerprint density at radius 3 is 2.23 bits per heavy atom. The highest BCUT2D eigenvalue weighted by molar-refractivity contribution is 5.90. The molecule has 0 radical (unpaired) electrons. The van der Waals surface area contributed by atoms with Crippen LogP contribution in [0.15, 0.2) is 79.0 Å². The van der Waals surface area contributed by atoms with Gasteiger partial charge in [-0.2, -0.15) is 9.61 Å². The lowest BCUT2D eigenvalue weighted by atomic mass is 9.86. The molecule has 0 N–H and O–H groups in total. The molecule has 0 unspecified atom stereocenters. The number of rotatable bonds is 6. The van der Waals surface area contributed by atoms with Gasteiger partial charge >= 0.3 is 0 Å². The van der Waals surface area contributed by atoms with E-state index in [1.807, 2.05) is 77.3 Å². The van der Waals surface area contributed by atoms with Crippen LogP contribution in [0.25, 0.3) is 5.65 Å². The molecule has 1 aliphatic heterocycles. The lowest BCUT2D eigenvalue weighted by Gasteiger charge is -2.29. The van der Waals surface area contributed by atoms with Gasteiger partial charge in [-0.25, -0.2) is 4.98 Å². The van der Waals surface area contributed by atoms with Crippen LogP contribution < -0.4 is 4.90 Å². The number of anilines is 1. The van der Waals surface area contributed by atoms with Gasteiger partial charge in [0.1, 0.15) is 5.82 Å². The number of benzene rings is 2. The van der Waals surface area contributed by atoms with Gasteiger partial charge in [0, 0.05) is 31.6 Å². The van der Waals surface area contributed by atoms with Gasteiger partial charge in [0.2, 0.25) is 0 Å². The summed E-state index contributed by atoms with van der Waals surface area (Å²) in [5, 5.41) is 4.43. The van der Waals surface area contributed by atoms with Crippen LogP contribution >= 0.6 is 0 Å². The monoisotopic (exact) mass is 412 g/mol. The molecule has 0 amide bonds. The molecule has 0 aliphatic carbocycles. The highest BCUT2D eigenvalue weighted by Gasteiger charge is 2.24. The van der Waals surface area contributed by atoms with Crippen molar-refractivity contribution < 1.29 is 9.53 Å². The molecule has 3 heterocycles. The van der Waals surface area contributed by atoms with Gasteiger partial charge in [-0.15, -0.1) is 0 Å². The van der Waals surface area contributed by atoms with Crippen LogP contribution in [0.5, 0.6) is 0 Å². The van der Waals surface area contributed by atoms with E-state index in [-0.39, 0.29) is 18.1 Å². The summed E-state index contributed by atoms with van der Waals surface area (Å²) in [6, 6.07) is 23.8. The Hall–Kier alpha value is -3.51. The summed E-state index contributed by atoms with van der Waals surface area (Å²) in [7, 11) is 0. The Balaban J connectivity index is 1.50. The minimum atomic E-state index is -0.322. The first-order valence-corrected chi connectivity index (χ1v) is 10.6. The average Bonchev–Trinajstić information content (AvgIpc) is 3.29. The van der Waals surface area contributed by atoms with Crippen molar-refractivity contribution in [3.05, 3.63) is 95.8 Å². The summed E-state index contributed by atoms with van der Waals surface area (Å²) in [5.41, 5.74) is 3.51. The van der Waals surface area contributed by atoms with E-state index in [0.717, 1.165) is 41.4 Å². The lowest BCUT2D eigenvalue weighted by molar-refractivity contribution is -0.119. The van der Waals surface area contributed by atoms with Gasteiger partial charge in [0.25, 0.3) is 0 Å². The van der Waals surface area contributed by atoms with Crippen LogP contribution in [0.3, 0.4) is 0 Å². The largest absolute Gasteiger partial charge is 0.378 e. The van der Waals surface area contributed by atoms with Gasteiger partial charge in [0.05, 0.1) is 31.0 Å². The summed E-state index contributed by atoms with van der Waals surface area (Å²) in [6.45, 7) is 2.96. The second-order valence-electron chi connectivity index (χ2n) is 7.70. The molecule has 0 bridgehead atoms. The molecule has 2 aromatic heterocycles. The molecule has 156 valence electrons. The van der Waals surface area contributed by atoms with Crippen molar-refractivity contribution in [1.82, 2.24) is 14.6 Å². The molecule has 6 nitrogen and oxygen atoms in total.